The second kappa shape index (κ2) is 8.06. The van der Waals surface area contributed by atoms with Crippen molar-refractivity contribution in [2.75, 3.05) is 5.73 Å². The van der Waals surface area contributed by atoms with Gasteiger partial charge in [-0.25, -0.2) is 4.98 Å². The highest BCUT2D eigenvalue weighted by molar-refractivity contribution is 5.94. The minimum atomic E-state index is -0.130. The van der Waals surface area contributed by atoms with Gasteiger partial charge in [0.15, 0.2) is 0 Å². The summed E-state index contributed by atoms with van der Waals surface area (Å²) in [5.41, 5.74) is 16.4. The van der Waals surface area contributed by atoms with E-state index in [2.05, 4.69) is 33.6 Å². The van der Waals surface area contributed by atoms with Crippen molar-refractivity contribution in [2.45, 2.75) is 39.0 Å². The lowest BCUT2D eigenvalue weighted by Crippen LogP contribution is -2.24. The topological polar surface area (TPSA) is 95.1 Å². The molecule has 0 saturated heterocycles. The van der Waals surface area contributed by atoms with Crippen LogP contribution in [0, 0.1) is 13.8 Å². The molecule has 7 heteroatoms. The van der Waals surface area contributed by atoms with Gasteiger partial charge in [-0.3, -0.25) is 9.48 Å². The molecule has 2 unspecified atom stereocenters. The number of nitrogen functional groups attached to an aromatic ring is 1. The molecule has 2 aromatic heterocycles. The maximum Gasteiger partial charge on any atom is 0.251 e. The summed E-state index contributed by atoms with van der Waals surface area (Å²) < 4.78 is 8.27. The molecule has 0 spiro atoms. The molecule has 3 N–H and O–H groups in total. The van der Waals surface area contributed by atoms with E-state index in [-0.39, 0.29) is 18.1 Å². The van der Waals surface area contributed by atoms with E-state index >= 15 is 0 Å². The molecule has 1 amide bonds. The van der Waals surface area contributed by atoms with E-state index in [1.165, 1.54) is 22.4 Å². The van der Waals surface area contributed by atoms with Crippen molar-refractivity contribution in [1.82, 2.24) is 20.1 Å². The van der Waals surface area contributed by atoms with Gasteiger partial charge in [-0.05, 0) is 77.1 Å². The van der Waals surface area contributed by atoms with Crippen molar-refractivity contribution in [3.05, 3.63) is 111 Å². The number of anilines is 1. The van der Waals surface area contributed by atoms with Gasteiger partial charge in [0.1, 0.15) is 18.0 Å². The number of nitrogens with one attached hydrogen (secondary N) is 1. The number of hydrogen-bond acceptors (Lipinski definition) is 5. The minimum Gasteiger partial charge on any atom is -0.384 e. The van der Waals surface area contributed by atoms with Crippen LogP contribution in [0.3, 0.4) is 0 Å². The quantitative estimate of drug-likeness (QED) is 0.464. The largest absolute Gasteiger partial charge is 0.384 e. The number of carbonyl (C=O) groups excluding carboxylic acids is 1. The number of nitrogens with zero attached hydrogens (tertiary/aromatic N) is 3. The number of rotatable bonds is 5. The number of pyridine rings is 1. The van der Waals surface area contributed by atoms with Crippen molar-refractivity contribution in [1.29, 1.82) is 0 Å². The van der Waals surface area contributed by atoms with Gasteiger partial charge in [-0.15, -0.1) is 0 Å². The maximum absolute atomic E-state index is 13.0. The number of ether oxygens (including phenoxy) is 1. The molecule has 6 rings (SSSR count). The van der Waals surface area contributed by atoms with E-state index in [1.54, 1.807) is 0 Å². The summed E-state index contributed by atoms with van der Waals surface area (Å²) in [6.45, 7) is 4.30. The maximum atomic E-state index is 13.0. The summed E-state index contributed by atoms with van der Waals surface area (Å²) in [6, 6.07) is 16.4. The number of aryl methyl sites for hydroxylation is 3. The zero-order valence-corrected chi connectivity index (χ0v) is 20.0. The summed E-state index contributed by atoms with van der Waals surface area (Å²) >= 11 is 0. The van der Waals surface area contributed by atoms with E-state index in [0.717, 1.165) is 34.4 Å². The third-order valence-electron chi connectivity index (χ3n) is 7.21. The van der Waals surface area contributed by atoms with Crippen LogP contribution in [0.25, 0.3) is 0 Å². The molecule has 0 saturated carbocycles. The van der Waals surface area contributed by atoms with E-state index in [1.807, 2.05) is 62.1 Å². The second-order valence-electron chi connectivity index (χ2n) is 9.44. The standard InChI is InChI=1S/C28H27N5O2/c1-15-10-25(29)32-16(2)24(15)14-30-28(34)18-5-7-21-23(13-18)27-20-6-4-17(12-22(20)26(21)35-27)11-19-8-9-31-33(19)3/h4-10,12-13,26-27H,11,14H2,1-3H3,(H2,29,32)(H,30,34). The number of amides is 1. The number of benzene rings is 2. The van der Waals surface area contributed by atoms with Crippen LogP contribution in [0.5, 0.6) is 0 Å². The molecule has 0 aliphatic carbocycles. The molecule has 4 heterocycles. The predicted molar refractivity (Wildman–Crippen MR) is 133 cm³/mol. The van der Waals surface area contributed by atoms with Crippen molar-refractivity contribution >= 4 is 11.7 Å². The fourth-order valence-electron chi connectivity index (χ4n) is 5.36. The van der Waals surface area contributed by atoms with Gasteiger partial charge in [-0.2, -0.15) is 5.10 Å². The number of hydrogen-bond donors (Lipinski definition) is 2. The first-order valence-electron chi connectivity index (χ1n) is 11.8. The van der Waals surface area contributed by atoms with E-state index in [9.17, 15) is 4.79 Å². The molecule has 2 atom stereocenters. The fraction of sp³-hybridized carbons (Fsp3) is 0.250. The first-order chi connectivity index (χ1) is 16.9. The molecule has 0 radical (unpaired) electrons. The zero-order chi connectivity index (χ0) is 24.3. The highest BCUT2D eigenvalue weighted by Crippen LogP contribution is 2.54. The van der Waals surface area contributed by atoms with Crippen molar-refractivity contribution in [2.24, 2.45) is 7.05 Å². The summed E-state index contributed by atoms with van der Waals surface area (Å²) in [7, 11) is 1.96. The lowest BCUT2D eigenvalue weighted by atomic mass is 9.84. The number of aromatic nitrogens is 3. The zero-order valence-electron chi connectivity index (χ0n) is 20.0. The Morgan fingerprint density at radius 3 is 2.49 bits per heavy atom. The van der Waals surface area contributed by atoms with E-state index in [0.29, 0.717) is 17.9 Å². The van der Waals surface area contributed by atoms with Gasteiger partial charge in [0.2, 0.25) is 0 Å². The highest BCUT2D eigenvalue weighted by Gasteiger charge is 2.43. The van der Waals surface area contributed by atoms with Gasteiger partial charge >= 0.3 is 0 Å². The van der Waals surface area contributed by atoms with Crippen LogP contribution in [-0.2, 0) is 24.8 Å². The van der Waals surface area contributed by atoms with Crippen LogP contribution in [0.1, 0.15) is 72.9 Å². The molecule has 2 aromatic carbocycles. The summed E-state index contributed by atoms with van der Waals surface area (Å²) in [5.74, 6) is 0.381. The lowest BCUT2D eigenvalue weighted by Gasteiger charge is -2.18. The molecule has 0 fully saturated rings. The van der Waals surface area contributed by atoms with Crippen molar-refractivity contribution in [3.8, 4) is 0 Å². The first kappa shape index (κ1) is 21.6. The van der Waals surface area contributed by atoms with Crippen molar-refractivity contribution in [3.63, 3.8) is 0 Å². The van der Waals surface area contributed by atoms with Gasteiger partial charge in [0.05, 0.1) is 0 Å². The van der Waals surface area contributed by atoms with E-state index < -0.39 is 0 Å². The molecular weight excluding hydrogens is 438 g/mol. The molecule has 176 valence electrons. The predicted octanol–water partition coefficient (Wildman–Crippen LogP) is 4.06. The Bertz CT molecular complexity index is 1470. The normalized spacial score (nSPS) is 17.3. The van der Waals surface area contributed by atoms with Crippen LogP contribution < -0.4 is 11.1 Å². The summed E-state index contributed by atoms with van der Waals surface area (Å²) in [4.78, 5) is 17.3. The van der Waals surface area contributed by atoms with Crippen molar-refractivity contribution < 1.29 is 9.53 Å². The molecule has 2 aliphatic rings. The molecule has 2 aliphatic heterocycles. The minimum absolute atomic E-state index is 0.0836. The Balaban J connectivity index is 1.21. The highest BCUT2D eigenvalue weighted by atomic mass is 16.5. The Hall–Kier alpha value is -3.97. The second-order valence-corrected chi connectivity index (χ2v) is 9.44. The summed E-state index contributed by atoms with van der Waals surface area (Å²) in [5, 5.41) is 7.31. The molecule has 7 nitrogen and oxygen atoms in total. The first-order valence-corrected chi connectivity index (χ1v) is 11.8. The third kappa shape index (κ3) is 3.59. The van der Waals surface area contributed by atoms with Crippen LogP contribution >= 0.6 is 0 Å². The van der Waals surface area contributed by atoms with Gasteiger partial charge in [0, 0.05) is 43.2 Å². The van der Waals surface area contributed by atoms with Gasteiger partial charge in [0.25, 0.3) is 5.91 Å². The number of carbonyl (C=O) groups is 1. The van der Waals surface area contributed by atoms with Gasteiger partial charge in [-0.1, -0.05) is 24.3 Å². The lowest BCUT2D eigenvalue weighted by molar-refractivity contribution is 0.0857. The Labute approximate surface area is 204 Å². The Morgan fingerprint density at radius 2 is 1.77 bits per heavy atom. The monoisotopic (exact) mass is 465 g/mol. The van der Waals surface area contributed by atoms with Gasteiger partial charge < -0.3 is 15.8 Å². The smallest absolute Gasteiger partial charge is 0.251 e. The molecular formula is C28H27N5O2. The molecule has 2 bridgehead atoms. The summed E-state index contributed by atoms with van der Waals surface area (Å²) in [6.07, 6.45) is 2.44. The van der Waals surface area contributed by atoms with Crippen LogP contribution in [0.4, 0.5) is 5.82 Å². The van der Waals surface area contributed by atoms with Crippen LogP contribution in [0.2, 0.25) is 0 Å². The average Bonchev–Trinajstić information content (AvgIpc) is 3.52. The Morgan fingerprint density at radius 1 is 1.03 bits per heavy atom. The SMILES string of the molecule is Cc1cc(N)nc(C)c1CNC(=O)c1ccc2c(c1)C1OC2c2cc(Cc3ccnn3C)ccc21. The number of nitrogens with two attached hydrogens (primary N) is 1. The number of fused-ring (bicyclic) bond motifs is 8. The van der Waals surface area contributed by atoms with E-state index in [4.69, 9.17) is 10.5 Å². The Kier molecular flexibility index (Phi) is 4.96. The molecule has 4 aromatic rings. The average molecular weight is 466 g/mol. The molecule has 35 heavy (non-hydrogen) atoms. The van der Waals surface area contributed by atoms with Crippen LogP contribution in [0.15, 0.2) is 54.7 Å². The van der Waals surface area contributed by atoms with Crippen LogP contribution in [-0.4, -0.2) is 20.7 Å². The fourth-order valence-corrected chi connectivity index (χ4v) is 5.36. The third-order valence-corrected chi connectivity index (χ3v) is 7.21.